The number of nitrogens with zero attached hydrogens (tertiary/aromatic N) is 1. The summed E-state index contributed by atoms with van der Waals surface area (Å²) in [4.78, 5) is 27.8. The standard InChI is InChI=1S/C14H13BrN2O4S/c1-8-12(13(19)20-2)22-14(16-8)17-11(18)7-21-10-5-3-9(15)4-6-10/h3-6H,7H2,1-2H3,(H,16,17,18). The number of hydrogen-bond donors (Lipinski definition) is 1. The molecule has 0 unspecified atom stereocenters. The van der Waals surface area contributed by atoms with Gasteiger partial charge in [0.25, 0.3) is 5.91 Å². The molecule has 2 aromatic rings. The molecule has 2 rings (SSSR count). The van der Waals surface area contributed by atoms with E-state index in [2.05, 4.69) is 31.0 Å². The number of amides is 1. The predicted molar refractivity (Wildman–Crippen MR) is 86.5 cm³/mol. The molecule has 0 atom stereocenters. The van der Waals surface area contributed by atoms with E-state index in [1.54, 1.807) is 19.1 Å². The second-order valence-corrected chi connectivity index (χ2v) is 6.13. The third-order valence-corrected chi connectivity index (χ3v) is 4.18. The van der Waals surface area contributed by atoms with E-state index >= 15 is 0 Å². The van der Waals surface area contributed by atoms with E-state index in [0.717, 1.165) is 15.8 Å². The van der Waals surface area contributed by atoms with E-state index in [4.69, 9.17) is 4.74 Å². The van der Waals surface area contributed by atoms with Gasteiger partial charge in [0.1, 0.15) is 10.6 Å². The highest BCUT2D eigenvalue weighted by atomic mass is 79.9. The van der Waals surface area contributed by atoms with Crippen LogP contribution in [0.5, 0.6) is 5.75 Å². The van der Waals surface area contributed by atoms with Gasteiger partial charge >= 0.3 is 5.97 Å². The van der Waals surface area contributed by atoms with Crippen LogP contribution in [0.15, 0.2) is 28.7 Å². The fourth-order valence-electron chi connectivity index (χ4n) is 1.57. The first kappa shape index (κ1) is 16.4. The van der Waals surface area contributed by atoms with Gasteiger partial charge in [-0.1, -0.05) is 27.3 Å². The molecule has 0 spiro atoms. The predicted octanol–water partition coefficient (Wildman–Crippen LogP) is 3.02. The lowest BCUT2D eigenvalue weighted by atomic mass is 10.3. The fourth-order valence-corrected chi connectivity index (χ4v) is 2.73. The van der Waals surface area contributed by atoms with Crippen LogP contribution >= 0.6 is 27.3 Å². The number of rotatable bonds is 5. The van der Waals surface area contributed by atoms with Crippen LogP contribution in [0.2, 0.25) is 0 Å². The van der Waals surface area contributed by atoms with E-state index in [1.807, 2.05) is 12.1 Å². The monoisotopic (exact) mass is 384 g/mol. The number of aryl methyl sites for hydroxylation is 1. The van der Waals surface area contributed by atoms with Crippen molar-refractivity contribution in [3.8, 4) is 5.75 Å². The third-order valence-electron chi connectivity index (χ3n) is 2.60. The van der Waals surface area contributed by atoms with Gasteiger partial charge in [-0.05, 0) is 31.2 Å². The Bertz CT molecular complexity index is 685. The van der Waals surface area contributed by atoms with Crippen LogP contribution in [-0.2, 0) is 9.53 Å². The van der Waals surface area contributed by atoms with Crippen molar-refractivity contribution in [1.82, 2.24) is 4.98 Å². The zero-order chi connectivity index (χ0) is 16.1. The number of thiazole rings is 1. The van der Waals surface area contributed by atoms with Gasteiger partial charge in [0.2, 0.25) is 0 Å². The van der Waals surface area contributed by atoms with E-state index in [0.29, 0.717) is 21.5 Å². The summed E-state index contributed by atoms with van der Waals surface area (Å²) in [6.45, 7) is 1.53. The molecule has 1 aromatic heterocycles. The average molecular weight is 385 g/mol. The molecule has 0 aliphatic heterocycles. The first-order valence-corrected chi connectivity index (χ1v) is 7.84. The van der Waals surface area contributed by atoms with Crippen LogP contribution in [0.3, 0.4) is 0 Å². The summed E-state index contributed by atoms with van der Waals surface area (Å²) in [7, 11) is 1.30. The molecule has 8 heteroatoms. The normalized spacial score (nSPS) is 10.1. The van der Waals surface area contributed by atoms with Crippen LogP contribution in [0.4, 0.5) is 5.13 Å². The molecule has 0 bridgehead atoms. The number of methoxy groups -OCH3 is 1. The molecule has 0 aliphatic carbocycles. The molecule has 0 aliphatic rings. The van der Waals surface area contributed by atoms with Crippen molar-refractivity contribution in [2.75, 3.05) is 19.0 Å². The van der Waals surface area contributed by atoms with Gasteiger partial charge in [-0.25, -0.2) is 9.78 Å². The molecule has 6 nitrogen and oxygen atoms in total. The smallest absolute Gasteiger partial charge is 0.350 e. The van der Waals surface area contributed by atoms with Gasteiger partial charge in [-0.3, -0.25) is 10.1 Å². The molecular formula is C14H13BrN2O4S. The van der Waals surface area contributed by atoms with Crippen molar-refractivity contribution in [3.63, 3.8) is 0 Å². The molecule has 0 radical (unpaired) electrons. The average Bonchev–Trinajstić information content (AvgIpc) is 2.86. The zero-order valence-corrected chi connectivity index (χ0v) is 14.3. The van der Waals surface area contributed by atoms with E-state index in [1.165, 1.54) is 7.11 Å². The summed E-state index contributed by atoms with van der Waals surface area (Å²) < 4.78 is 10.9. The second-order valence-electron chi connectivity index (χ2n) is 4.22. The van der Waals surface area contributed by atoms with Gasteiger partial charge in [-0.15, -0.1) is 0 Å². The van der Waals surface area contributed by atoms with E-state index in [-0.39, 0.29) is 12.5 Å². The Hall–Kier alpha value is -1.93. The second kappa shape index (κ2) is 7.37. The van der Waals surface area contributed by atoms with Crippen molar-refractivity contribution < 1.29 is 19.1 Å². The molecule has 0 saturated carbocycles. The molecule has 0 saturated heterocycles. The topological polar surface area (TPSA) is 77.5 Å². The van der Waals surface area contributed by atoms with Crippen molar-refractivity contribution in [1.29, 1.82) is 0 Å². The summed E-state index contributed by atoms with van der Waals surface area (Å²) >= 11 is 4.38. The van der Waals surface area contributed by atoms with E-state index in [9.17, 15) is 9.59 Å². The number of carbonyl (C=O) groups is 2. The Kier molecular flexibility index (Phi) is 5.51. The molecule has 0 fully saturated rings. The lowest BCUT2D eigenvalue weighted by Gasteiger charge is -2.05. The van der Waals surface area contributed by atoms with Crippen LogP contribution in [-0.4, -0.2) is 30.6 Å². The number of anilines is 1. The summed E-state index contributed by atoms with van der Waals surface area (Å²) in [6.07, 6.45) is 0. The van der Waals surface area contributed by atoms with Crippen LogP contribution in [0.25, 0.3) is 0 Å². The Morgan fingerprint density at radius 3 is 2.64 bits per heavy atom. The number of ether oxygens (including phenoxy) is 2. The number of esters is 1. The minimum atomic E-state index is -0.471. The molecule has 1 amide bonds. The Balaban J connectivity index is 1.92. The molecule has 1 N–H and O–H groups in total. The maximum Gasteiger partial charge on any atom is 0.350 e. The first-order chi connectivity index (χ1) is 10.5. The number of nitrogens with one attached hydrogen (secondary N) is 1. The summed E-state index contributed by atoms with van der Waals surface area (Å²) in [5.74, 6) is -0.237. The maximum absolute atomic E-state index is 11.8. The fraction of sp³-hybridized carbons (Fsp3) is 0.214. The Morgan fingerprint density at radius 1 is 1.32 bits per heavy atom. The maximum atomic E-state index is 11.8. The zero-order valence-electron chi connectivity index (χ0n) is 11.9. The largest absolute Gasteiger partial charge is 0.484 e. The highest BCUT2D eigenvalue weighted by Gasteiger charge is 2.17. The van der Waals surface area contributed by atoms with Gasteiger partial charge < -0.3 is 9.47 Å². The summed E-state index contributed by atoms with van der Waals surface area (Å²) in [5, 5.41) is 2.93. The van der Waals surface area contributed by atoms with Gasteiger partial charge in [0.05, 0.1) is 12.8 Å². The number of benzene rings is 1. The molecule has 116 valence electrons. The number of halogens is 1. The van der Waals surface area contributed by atoms with Gasteiger partial charge in [0, 0.05) is 4.47 Å². The summed E-state index contributed by atoms with van der Waals surface area (Å²) in [6, 6.07) is 7.14. The minimum Gasteiger partial charge on any atom is -0.484 e. The van der Waals surface area contributed by atoms with Crippen molar-refractivity contribution in [2.24, 2.45) is 0 Å². The number of aromatic nitrogens is 1. The van der Waals surface area contributed by atoms with Crippen LogP contribution < -0.4 is 10.1 Å². The van der Waals surface area contributed by atoms with Crippen molar-refractivity contribution >= 4 is 44.3 Å². The highest BCUT2D eigenvalue weighted by molar-refractivity contribution is 9.10. The first-order valence-electron chi connectivity index (χ1n) is 6.23. The summed E-state index contributed by atoms with van der Waals surface area (Å²) in [5.41, 5.74) is 0.515. The van der Waals surface area contributed by atoms with Crippen LogP contribution in [0, 0.1) is 6.92 Å². The van der Waals surface area contributed by atoms with E-state index < -0.39 is 5.97 Å². The molecule has 1 aromatic carbocycles. The lowest BCUT2D eigenvalue weighted by molar-refractivity contribution is -0.118. The highest BCUT2D eigenvalue weighted by Crippen LogP contribution is 2.23. The Labute approximate surface area is 139 Å². The number of carbonyl (C=O) groups excluding carboxylic acids is 2. The van der Waals surface area contributed by atoms with Gasteiger partial charge in [0.15, 0.2) is 11.7 Å². The molecule has 22 heavy (non-hydrogen) atoms. The number of hydrogen-bond acceptors (Lipinski definition) is 6. The van der Waals surface area contributed by atoms with Crippen molar-refractivity contribution in [3.05, 3.63) is 39.3 Å². The minimum absolute atomic E-state index is 0.145. The molecule has 1 heterocycles. The SMILES string of the molecule is COC(=O)c1sc(NC(=O)COc2ccc(Br)cc2)nc1C. The third kappa shape index (κ3) is 4.28. The van der Waals surface area contributed by atoms with Crippen LogP contribution in [0.1, 0.15) is 15.4 Å². The molecular weight excluding hydrogens is 372 g/mol. The Morgan fingerprint density at radius 2 is 2.00 bits per heavy atom. The lowest BCUT2D eigenvalue weighted by Crippen LogP contribution is -2.20. The quantitative estimate of drug-likeness (QED) is 0.801. The van der Waals surface area contributed by atoms with Gasteiger partial charge in [-0.2, -0.15) is 0 Å². The van der Waals surface area contributed by atoms with Crippen molar-refractivity contribution in [2.45, 2.75) is 6.92 Å².